The summed E-state index contributed by atoms with van der Waals surface area (Å²) in [5.41, 5.74) is 0.456. The molecule has 6 heteroatoms. The number of anilines is 1. The number of nitrogens with zero attached hydrogens (tertiary/aromatic N) is 1. The molecule has 0 saturated carbocycles. The van der Waals surface area contributed by atoms with Gasteiger partial charge in [-0.05, 0) is 12.1 Å². The smallest absolute Gasteiger partial charge is 0.335 e. The van der Waals surface area contributed by atoms with Gasteiger partial charge in [-0.25, -0.2) is 9.78 Å². The summed E-state index contributed by atoms with van der Waals surface area (Å²) in [5.74, 6) is -0.710. The van der Waals surface area contributed by atoms with Gasteiger partial charge < -0.3 is 20.6 Å². The molecule has 1 heterocycles. The molecule has 0 aromatic carbocycles. The van der Waals surface area contributed by atoms with Crippen molar-refractivity contribution in [1.29, 1.82) is 0 Å². The van der Waals surface area contributed by atoms with Crippen molar-refractivity contribution in [2.75, 3.05) is 18.5 Å². The number of pyridine rings is 1. The van der Waals surface area contributed by atoms with E-state index in [1.807, 2.05) is 20.8 Å². The van der Waals surface area contributed by atoms with Crippen molar-refractivity contribution in [3.63, 3.8) is 0 Å². The van der Waals surface area contributed by atoms with Crippen molar-refractivity contribution in [1.82, 2.24) is 4.98 Å². The number of aromatic carboxylic acids is 1. The lowest BCUT2D eigenvalue weighted by atomic mass is 9.90. The Morgan fingerprint density at radius 2 is 1.89 bits per heavy atom. The number of nitrogens with one attached hydrogen (secondary N) is 1. The average Bonchev–Trinajstić information content (AvgIpc) is 2.34. The molecule has 4 N–H and O–H groups in total. The molecule has 0 bridgehead atoms. The molecule has 1 aromatic heterocycles. The lowest BCUT2D eigenvalue weighted by Gasteiger charge is -2.21. The van der Waals surface area contributed by atoms with Gasteiger partial charge in [0.25, 0.3) is 0 Å². The fourth-order valence-corrected chi connectivity index (χ4v) is 1.47. The molecule has 0 amide bonds. The maximum atomic E-state index is 11.1. The summed E-state index contributed by atoms with van der Waals surface area (Å²) in [4.78, 5) is 15.4. The Balaban J connectivity index is 3.17. The lowest BCUT2D eigenvalue weighted by Crippen LogP contribution is -2.29. The van der Waals surface area contributed by atoms with Crippen LogP contribution in [0.5, 0.6) is 0 Å². The number of carboxylic acids is 1. The monoisotopic (exact) mass is 268 g/mol. The molecule has 0 atom stereocenters. The van der Waals surface area contributed by atoms with Crippen molar-refractivity contribution in [3.8, 4) is 0 Å². The number of carbonyl (C=O) groups is 1. The van der Waals surface area contributed by atoms with Crippen LogP contribution in [0, 0.1) is 0 Å². The summed E-state index contributed by atoms with van der Waals surface area (Å²) < 4.78 is 0. The Bertz CT molecular complexity index is 450. The van der Waals surface area contributed by atoms with E-state index in [0.29, 0.717) is 11.5 Å². The molecule has 0 unspecified atom stereocenters. The van der Waals surface area contributed by atoms with Crippen LogP contribution in [-0.2, 0) is 5.41 Å². The predicted molar refractivity (Wildman–Crippen MR) is 71.5 cm³/mol. The number of rotatable bonds is 5. The molecule has 0 aliphatic rings. The van der Waals surface area contributed by atoms with Gasteiger partial charge in [0.05, 0.1) is 24.8 Å². The first-order valence-electron chi connectivity index (χ1n) is 6.02. The average molecular weight is 268 g/mol. The first-order chi connectivity index (χ1) is 8.77. The minimum atomic E-state index is -1.04. The zero-order valence-corrected chi connectivity index (χ0v) is 11.3. The van der Waals surface area contributed by atoms with Crippen LogP contribution in [0.1, 0.15) is 36.8 Å². The number of aliphatic hydroxyl groups excluding tert-OH is 2. The van der Waals surface area contributed by atoms with E-state index in [1.165, 1.54) is 12.1 Å². The molecule has 0 aliphatic carbocycles. The van der Waals surface area contributed by atoms with Gasteiger partial charge in [-0.2, -0.15) is 0 Å². The second kappa shape index (κ2) is 5.99. The molecule has 1 aromatic rings. The van der Waals surface area contributed by atoms with Crippen LogP contribution in [0.3, 0.4) is 0 Å². The van der Waals surface area contributed by atoms with E-state index in [-0.39, 0.29) is 24.2 Å². The molecule has 6 nitrogen and oxygen atoms in total. The summed E-state index contributed by atoms with van der Waals surface area (Å²) in [6, 6.07) is 2.35. The van der Waals surface area contributed by atoms with Crippen molar-refractivity contribution in [2.45, 2.75) is 32.2 Å². The molecule has 0 saturated heterocycles. The molecule has 0 aliphatic heterocycles. The normalized spacial score (nSPS) is 11.7. The van der Waals surface area contributed by atoms with Crippen LogP contribution in [0.4, 0.5) is 5.82 Å². The summed E-state index contributed by atoms with van der Waals surface area (Å²) >= 11 is 0. The minimum Gasteiger partial charge on any atom is -0.478 e. The SMILES string of the molecule is CC(C)(C)c1cc(C(=O)O)cc(NC(CO)CO)n1. The zero-order chi connectivity index (χ0) is 14.6. The number of carboxylic acid groups (broad SMARTS) is 1. The van der Waals surface area contributed by atoms with E-state index in [0.717, 1.165) is 0 Å². The zero-order valence-electron chi connectivity index (χ0n) is 11.3. The summed E-state index contributed by atoms with van der Waals surface area (Å²) in [6.45, 7) is 5.27. The van der Waals surface area contributed by atoms with Gasteiger partial charge in [-0.3, -0.25) is 0 Å². The molecular formula is C13H20N2O4. The molecule has 0 spiro atoms. The van der Waals surface area contributed by atoms with E-state index in [1.54, 1.807) is 0 Å². The van der Waals surface area contributed by atoms with E-state index in [2.05, 4.69) is 10.3 Å². The molecular weight excluding hydrogens is 248 g/mol. The second-order valence-electron chi connectivity index (χ2n) is 5.39. The topological polar surface area (TPSA) is 103 Å². The molecule has 1 rings (SSSR count). The third kappa shape index (κ3) is 4.18. The van der Waals surface area contributed by atoms with E-state index in [9.17, 15) is 4.79 Å². The fraction of sp³-hybridized carbons (Fsp3) is 0.538. The second-order valence-corrected chi connectivity index (χ2v) is 5.39. The third-order valence-corrected chi connectivity index (χ3v) is 2.63. The lowest BCUT2D eigenvalue weighted by molar-refractivity contribution is 0.0696. The van der Waals surface area contributed by atoms with E-state index < -0.39 is 12.0 Å². The highest BCUT2D eigenvalue weighted by Crippen LogP contribution is 2.23. The Labute approximate surface area is 112 Å². The van der Waals surface area contributed by atoms with Gasteiger partial charge in [0.1, 0.15) is 5.82 Å². The third-order valence-electron chi connectivity index (χ3n) is 2.63. The van der Waals surface area contributed by atoms with Crippen LogP contribution in [-0.4, -0.2) is 45.5 Å². The molecule has 106 valence electrons. The van der Waals surface area contributed by atoms with Crippen LogP contribution in [0.2, 0.25) is 0 Å². The van der Waals surface area contributed by atoms with Gasteiger partial charge in [-0.1, -0.05) is 20.8 Å². The Kier molecular flexibility index (Phi) is 4.85. The largest absolute Gasteiger partial charge is 0.478 e. The molecule has 19 heavy (non-hydrogen) atoms. The van der Waals surface area contributed by atoms with Gasteiger partial charge in [-0.15, -0.1) is 0 Å². The van der Waals surface area contributed by atoms with Gasteiger partial charge in [0.2, 0.25) is 0 Å². The number of aliphatic hydroxyl groups is 2. The quantitative estimate of drug-likeness (QED) is 0.631. The Morgan fingerprint density at radius 1 is 1.32 bits per heavy atom. The molecule has 0 radical (unpaired) electrons. The van der Waals surface area contributed by atoms with E-state index >= 15 is 0 Å². The first-order valence-corrected chi connectivity index (χ1v) is 6.02. The van der Waals surface area contributed by atoms with Crippen LogP contribution < -0.4 is 5.32 Å². The Morgan fingerprint density at radius 3 is 2.32 bits per heavy atom. The highest BCUT2D eigenvalue weighted by Gasteiger charge is 2.19. The van der Waals surface area contributed by atoms with Gasteiger partial charge in [0.15, 0.2) is 0 Å². The van der Waals surface area contributed by atoms with Crippen LogP contribution >= 0.6 is 0 Å². The first kappa shape index (κ1) is 15.4. The number of hydrogen-bond acceptors (Lipinski definition) is 5. The predicted octanol–water partition coefficient (Wildman–Crippen LogP) is 0.842. The van der Waals surface area contributed by atoms with E-state index in [4.69, 9.17) is 15.3 Å². The van der Waals surface area contributed by atoms with Crippen molar-refractivity contribution in [3.05, 3.63) is 23.4 Å². The van der Waals surface area contributed by atoms with Gasteiger partial charge >= 0.3 is 5.97 Å². The number of hydrogen-bond donors (Lipinski definition) is 4. The molecule has 0 fully saturated rings. The Hall–Kier alpha value is -1.66. The van der Waals surface area contributed by atoms with Crippen molar-refractivity contribution in [2.24, 2.45) is 0 Å². The summed E-state index contributed by atoms with van der Waals surface area (Å²) in [7, 11) is 0. The highest BCUT2D eigenvalue weighted by atomic mass is 16.4. The van der Waals surface area contributed by atoms with Crippen molar-refractivity contribution < 1.29 is 20.1 Å². The summed E-state index contributed by atoms with van der Waals surface area (Å²) in [6.07, 6.45) is 0. The van der Waals surface area contributed by atoms with Crippen molar-refractivity contribution >= 4 is 11.8 Å². The van der Waals surface area contributed by atoms with Crippen LogP contribution in [0.15, 0.2) is 12.1 Å². The maximum absolute atomic E-state index is 11.1. The fourth-order valence-electron chi connectivity index (χ4n) is 1.47. The standard InChI is InChI=1S/C13H20N2O4/c1-13(2,3)10-4-8(12(18)19)5-11(15-10)14-9(6-16)7-17/h4-5,9,16-17H,6-7H2,1-3H3,(H,14,15)(H,18,19). The number of aromatic nitrogens is 1. The summed E-state index contributed by atoms with van der Waals surface area (Å²) in [5, 5.41) is 30.0. The van der Waals surface area contributed by atoms with Gasteiger partial charge in [0, 0.05) is 11.1 Å². The van der Waals surface area contributed by atoms with Crippen LogP contribution in [0.25, 0.3) is 0 Å². The maximum Gasteiger partial charge on any atom is 0.335 e. The highest BCUT2D eigenvalue weighted by molar-refractivity contribution is 5.88. The minimum absolute atomic E-state index is 0.122.